The van der Waals surface area contributed by atoms with Gasteiger partial charge in [-0.05, 0) is 18.6 Å². The molecule has 0 unspecified atom stereocenters. The third-order valence-corrected chi connectivity index (χ3v) is 3.51. The van der Waals surface area contributed by atoms with Crippen molar-refractivity contribution in [3.63, 3.8) is 0 Å². The van der Waals surface area contributed by atoms with Gasteiger partial charge in [-0.3, -0.25) is 0 Å². The summed E-state index contributed by atoms with van der Waals surface area (Å²) in [5, 5.41) is 2.15. The van der Waals surface area contributed by atoms with Gasteiger partial charge < -0.3 is 10.5 Å². The van der Waals surface area contributed by atoms with Gasteiger partial charge in [-0.1, -0.05) is 24.3 Å². The molecule has 1 heterocycles. The van der Waals surface area contributed by atoms with E-state index < -0.39 is 0 Å². The Hall–Kier alpha value is -1.22. The van der Waals surface area contributed by atoms with E-state index in [4.69, 9.17) is 10.5 Å². The predicted octanol–water partition coefficient (Wildman–Crippen LogP) is 3.05. The smallest absolute Gasteiger partial charge is 0.177 e. The van der Waals surface area contributed by atoms with Gasteiger partial charge in [0.05, 0.1) is 7.11 Å². The third-order valence-electron chi connectivity index (χ3n) is 2.35. The first-order chi connectivity index (χ1) is 6.77. The summed E-state index contributed by atoms with van der Waals surface area (Å²) in [6, 6.07) is 6.00. The van der Waals surface area contributed by atoms with Gasteiger partial charge in [0.1, 0.15) is 0 Å². The molecule has 0 amide bonds. The van der Waals surface area contributed by atoms with E-state index in [1.807, 2.05) is 12.1 Å². The van der Waals surface area contributed by atoms with Crippen molar-refractivity contribution in [3.8, 4) is 5.06 Å². The summed E-state index contributed by atoms with van der Waals surface area (Å²) in [5.41, 5.74) is 8.03. The van der Waals surface area contributed by atoms with Crippen molar-refractivity contribution in [2.75, 3.05) is 12.8 Å². The normalized spacial score (nSPS) is 10.7. The van der Waals surface area contributed by atoms with E-state index >= 15 is 0 Å². The van der Waals surface area contributed by atoms with Gasteiger partial charge in [-0.25, -0.2) is 0 Å². The van der Waals surface area contributed by atoms with Crippen LogP contribution in [0.25, 0.3) is 10.1 Å². The monoisotopic (exact) mass is 207 g/mol. The van der Waals surface area contributed by atoms with Crippen LogP contribution in [0.2, 0.25) is 0 Å². The van der Waals surface area contributed by atoms with Gasteiger partial charge in [0.15, 0.2) is 5.06 Å². The summed E-state index contributed by atoms with van der Waals surface area (Å²) in [5.74, 6) is 0. The summed E-state index contributed by atoms with van der Waals surface area (Å²) >= 11 is 1.66. The first-order valence-electron chi connectivity index (χ1n) is 4.61. The number of aryl methyl sites for hydroxylation is 1. The lowest BCUT2D eigenvalue weighted by Crippen LogP contribution is -1.89. The molecule has 0 saturated carbocycles. The fourth-order valence-electron chi connectivity index (χ4n) is 1.71. The van der Waals surface area contributed by atoms with Crippen LogP contribution in [0.5, 0.6) is 5.06 Å². The Labute approximate surface area is 87.3 Å². The number of rotatable bonds is 2. The summed E-state index contributed by atoms with van der Waals surface area (Å²) in [7, 11) is 1.71. The van der Waals surface area contributed by atoms with Gasteiger partial charge in [0, 0.05) is 21.3 Å². The van der Waals surface area contributed by atoms with Crippen molar-refractivity contribution in [3.05, 3.63) is 23.8 Å². The van der Waals surface area contributed by atoms with Crippen LogP contribution in [0.1, 0.15) is 12.5 Å². The molecule has 2 nitrogen and oxygen atoms in total. The quantitative estimate of drug-likeness (QED) is 0.768. The number of hydrogen-bond acceptors (Lipinski definition) is 3. The number of methoxy groups -OCH3 is 1. The van der Waals surface area contributed by atoms with Gasteiger partial charge >= 0.3 is 0 Å². The van der Waals surface area contributed by atoms with E-state index in [1.165, 1.54) is 10.3 Å². The number of benzene rings is 1. The minimum Gasteiger partial charge on any atom is -0.487 e. The molecule has 1 aromatic carbocycles. The summed E-state index contributed by atoms with van der Waals surface area (Å²) in [6.07, 6.45) is 0.956. The Morgan fingerprint density at radius 1 is 1.43 bits per heavy atom. The number of thiophene rings is 1. The zero-order valence-corrected chi connectivity index (χ0v) is 9.15. The first-order valence-corrected chi connectivity index (χ1v) is 5.43. The highest BCUT2D eigenvalue weighted by Crippen LogP contribution is 2.40. The predicted molar refractivity (Wildman–Crippen MR) is 62.2 cm³/mol. The minimum absolute atomic E-state index is 0.846. The average molecular weight is 207 g/mol. The molecule has 0 aliphatic carbocycles. The molecule has 0 spiro atoms. The third kappa shape index (κ3) is 1.24. The number of nitrogens with two attached hydrogens (primary N) is 1. The maximum atomic E-state index is 5.95. The van der Waals surface area contributed by atoms with Crippen LogP contribution in [-0.4, -0.2) is 7.11 Å². The van der Waals surface area contributed by atoms with E-state index in [1.54, 1.807) is 18.4 Å². The fraction of sp³-hybridized carbons (Fsp3) is 0.273. The lowest BCUT2D eigenvalue weighted by atomic mass is 10.1. The summed E-state index contributed by atoms with van der Waals surface area (Å²) in [4.78, 5) is 0. The zero-order chi connectivity index (χ0) is 10.1. The Kier molecular flexibility index (Phi) is 2.33. The van der Waals surface area contributed by atoms with Crippen LogP contribution < -0.4 is 10.5 Å². The molecule has 0 aliphatic heterocycles. The SMILES string of the molecule is CCc1c(OC)sc2cccc(N)c12. The van der Waals surface area contributed by atoms with E-state index in [2.05, 4.69) is 13.0 Å². The Morgan fingerprint density at radius 3 is 2.86 bits per heavy atom. The van der Waals surface area contributed by atoms with Crippen molar-refractivity contribution < 1.29 is 4.74 Å². The number of hydrogen-bond donors (Lipinski definition) is 1. The van der Waals surface area contributed by atoms with Gasteiger partial charge in [-0.2, -0.15) is 0 Å². The molecular formula is C11H13NOS. The Bertz CT molecular complexity index is 462. The van der Waals surface area contributed by atoms with E-state index in [0.29, 0.717) is 0 Å². The molecule has 74 valence electrons. The van der Waals surface area contributed by atoms with Crippen LogP contribution in [-0.2, 0) is 6.42 Å². The molecule has 1 aromatic heterocycles. The lowest BCUT2D eigenvalue weighted by molar-refractivity contribution is 0.423. The van der Waals surface area contributed by atoms with Crippen molar-refractivity contribution in [1.29, 1.82) is 0 Å². The Morgan fingerprint density at radius 2 is 2.21 bits per heavy atom. The minimum atomic E-state index is 0.846. The zero-order valence-electron chi connectivity index (χ0n) is 8.33. The second-order valence-electron chi connectivity index (χ2n) is 3.15. The number of ether oxygens (including phenoxy) is 1. The fourth-order valence-corrected chi connectivity index (χ4v) is 2.85. The molecule has 0 fully saturated rings. The summed E-state index contributed by atoms with van der Waals surface area (Å²) in [6.45, 7) is 2.12. The molecule has 14 heavy (non-hydrogen) atoms. The molecule has 0 radical (unpaired) electrons. The first kappa shape index (κ1) is 9.34. The molecule has 0 bridgehead atoms. The van der Waals surface area contributed by atoms with Gasteiger partial charge in [-0.15, -0.1) is 0 Å². The van der Waals surface area contributed by atoms with Crippen LogP contribution in [0.3, 0.4) is 0 Å². The van der Waals surface area contributed by atoms with E-state index in [0.717, 1.165) is 22.6 Å². The molecule has 2 N–H and O–H groups in total. The topological polar surface area (TPSA) is 35.2 Å². The highest BCUT2D eigenvalue weighted by atomic mass is 32.1. The number of anilines is 1. The molecule has 3 heteroatoms. The molecule has 2 rings (SSSR count). The van der Waals surface area contributed by atoms with Crippen LogP contribution in [0, 0.1) is 0 Å². The largest absolute Gasteiger partial charge is 0.487 e. The van der Waals surface area contributed by atoms with Crippen molar-refractivity contribution >= 4 is 27.1 Å². The van der Waals surface area contributed by atoms with Crippen LogP contribution in [0.4, 0.5) is 5.69 Å². The summed E-state index contributed by atoms with van der Waals surface area (Å²) < 4.78 is 6.55. The maximum Gasteiger partial charge on any atom is 0.177 e. The Balaban J connectivity index is 2.81. The van der Waals surface area contributed by atoms with Crippen molar-refractivity contribution in [1.82, 2.24) is 0 Å². The standard InChI is InChI=1S/C11H13NOS/c1-3-7-10-8(12)5-4-6-9(10)14-11(7)13-2/h4-6H,3,12H2,1-2H3. The van der Waals surface area contributed by atoms with Crippen molar-refractivity contribution in [2.24, 2.45) is 0 Å². The highest BCUT2D eigenvalue weighted by molar-refractivity contribution is 7.21. The van der Waals surface area contributed by atoms with Crippen LogP contribution in [0.15, 0.2) is 18.2 Å². The van der Waals surface area contributed by atoms with Gasteiger partial charge in [0.25, 0.3) is 0 Å². The van der Waals surface area contributed by atoms with Crippen molar-refractivity contribution in [2.45, 2.75) is 13.3 Å². The van der Waals surface area contributed by atoms with E-state index in [-0.39, 0.29) is 0 Å². The second-order valence-corrected chi connectivity index (χ2v) is 4.16. The number of fused-ring (bicyclic) bond motifs is 1. The second kappa shape index (κ2) is 3.50. The highest BCUT2D eigenvalue weighted by Gasteiger charge is 2.12. The van der Waals surface area contributed by atoms with E-state index in [9.17, 15) is 0 Å². The molecule has 0 atom stereocenters. The molecule has 0 aliphatic rings. The van der Waals surface area contributed by atoms with Gasteiger partial charge in [0.2, 0.25) is 0 Å². The molecular weight excluding hydrogens is 194 g/mol. The molecule has 0 saturated heterocycles. The lowest BCUT2D eigenvalue weighted by Gasteiger charge is -2.00. The van der Waals surface area contributed by atoms with Crippen LogP contribution >= 0.6 is 11.3 Å². The average Bonchev–Trinajstić information content (AvgIpc) is 2.56. The maximum absolute atomic E-state index is 5.95. The number of nitrogen functional groups attached to an aromatic ring is 1. The molecule has 2 aromatic rings.